The average molecular weight is 274 g/mol. The van der Waals surface area contributed by atoms with Gasteiger partial charge in [0.2, 0.25) is 0 Å². The van der Waals surface area contributed by atoms with Crippen molar-refractivity contribution in [1.29, 1.82) is 0 Å². The van der Waals surface area contributed by atoms with Crippen LogP contribution in [0.5, 0.6) is 0 Å². The van der Waals surface area contributed by atoms with Gasteiger partial charge < -0.3 is 10.2 Å². The Morgan fingerprint density at radius 3 is 2.55 bits per heavy atom. The Labute approximate surface area is 124 Å². The lowest BCUT2D eigenvalue weighted by atomic mass is 10.0. The summed E-state index contributed by atoms with van der Waals surface area (Å²) in [6, 6.07) is 11.4. The zero-order valence-corrected chi connectivity index (χ0v) is 13.1. The van der Waals surface area contributed by atoms with Gasteiger partial charge in [0.1, 0.15) is 0 Å². The molecule has 1 saturated carbocycles. The van der Waals surface area contributed by atoms with Crippen LogP contribution in [0.3, 0.4) is 0 Å². The molecule has 1 unspecified atom stereocenters. The average Bonchev–Trinajstić information content (AvgIpc) is 2.97. The summed E-state index contributed by atoms with van der Waals surface area (Å²) in [5.41, 5.74) is 1.42. The molecule has 1 aromatic carbocycles. The SMILES string of the molecule is CCNC(CCN(C)CC1CCCC1)c1ccccc1. The quantitative estimate of drug-likeness (QED) is 0.774. The molecule has 0 saturated heterocycles. The van der Waals surface area contributed by atoms with Crippen molar-refractivity contribution < 1.29 is 0 Å². The van der Waals surface area contributed by atoms with Gasteiger partial charge in [0, 0.05) is 12.6 Å². The molecule has 0 aliphatic heterocycles. The summed E-state index contributed by atoms with van der Waals surface area (Å²) in [5, 5.41) is 3.62. The van der Waals surface area contributed by atoms with Crippen molar-refractivity contribution in [3.8, 4) is 0 Å². The van der Waals surface area contributed by atoms with Gasteiger partial charge in [-0.3, -0.25) is 0 Å². The first-order valence-corrected chi connectivity index (χ1v) is 8.26. The molecule has 1 fully saturated rings. The number of benzene rings is 1. The number of hydrogen-bond donors (Lipinski definition) is 1. The molecule has 0 amide bonds. The van der Waals surface area contributed by atoms with Crippen LogP contribution in [-0.2, 0) is 0 Å². The van der Waals surface area contributed by atoms with Crippen LogP contribution in [0.1, 0.15) is 50.6 Å². The highest BCUT2D eigenvalue weighted by molar-refractivity contribution is 5.18. The van der Waals surface area contributed by atoms with Gasteiger partial charge in [-0.05, 0) is 50.9 Å². The van der Waals surface area contributed by atoms with E-state index in [1.807, 2.05) is 0 Å². The van der Waals surface area contributed by atoms with Gasteiger partial charge in [0.25, 0.3) is 0 Å². The van der Waals surface area contributed by atoms with E-state index in [9.17, 15) is 0 Å². The highest BCUT2D eigenvalue weighted by atomic mass is 15.1. The predicted molar refractivity (Wildman–Crippen MR) is 86.9 cm³/mol. The van der Waals surface area contributed by atoms with Crippen LogP contribution in [0.15, 0.2) is 30.3 Å². The monoisotopic (exact) mass is 274 g/mol. The normalized spacial score (nSPS) is 17.8. The van der Waals surface area contributed by atoms with Crippen molar-refractivity contribution in [1.82, 2.24) is 10.2 Å². The van der Waals surface area contributed by atoms with E-state index in [1.165, 1.54) is 50.8 Å². The van der Waals surface area contributed by atoms with Gasteiger partial charge in [0.15, 0.2) is 0 Å². The molecule has 0 spiro atoms. The molecule has 0 bridgehead atoms. The Balaban J connectivity index is 1.79. The molecule has 112 valence electrons. The Bertz CT molecular complexity index is 357. The highest BCUT2D eigenvalue weighted by Gasteiger charge is 2.17. The second-order valence-electron chi connectivity index (χ2n) is 6.22. The maximum Gasteiger partial charge on any atom is 0.0332 e. The molecular weight excluding hydrogens is 244 g/mol. The minimum absolute atomic E-state index is 0.493. The topological polar surface area (TPSA) is 15.3 Å². The third-order valence-electron chi connectivity index (χ3n) is 4.50. The van der Waals surface area contributed by atoms with Crippen LogP contribution in [0.2, 0.25) is 0 Å². The maximum absolute atomic E-state index is 3.62. The second-order valence-corrected chi connectivity index (χ2v) is 6.22. The number of rotatable bonds is 8. The number of hydrogen-bond acceptors (Lipinski definition) is 2. The Hall–Kier alpha value is -0.860. The first kappa shape index (κ1) is 15.5. The van der Waals surface area contributed by atoms with Crippen molar-refractivity contribution in [3.05, 3.63) is 35.9 Å². The summed E-state index contributed by atoms with van der Waals surface area (Å²) in [4.78, 5) is 2.53. The Morgan fingerprint density at radius 1 is 1.20 bits per heavy atom. The van der Waals surface area contributed by atoms with Crippen molar-refractivity contribution in [3.63, 3.8) is 0 Å². The highest BCUT2D eigenvalue weighted by Crippen LogP contribution is 2.25. The largest absolute Gasteiger partial charge is 0.310 e. The summed E-state index contributed by atoms with van der Waals surface area (Å²) in [6.45, 7) is 5.70. The van der Waals surface area contributed by atoms with Crippen LogP contribution in [0, 0.1) is 5.92 Å². The molecule has 0 aromatic heterocycles. The molecule has 2 rings (SSSR count). The zero-order valence-electron chi connectivity index (χ0n) is 13.1. The molecular formula is C18H30N2. The minimum atomic E-state index is 0.493. The van der Waals surface area contributed by atoms with E-state index in [-0.39, 0.29) is 0 Å². The zero-order chi connectivity index (χ0) is 14.2. The van der Waals surface area contributed by atoms with Crippen LogP contribution in [0.25, 0.3) is 0 Å². The first-order chi connectivity index (χ1) is 9.79. The van der Waals surface area contributed by atoms with E-state index in [4.69, 9.17) is 0 Å². The summed E-state index contributed by atoms with van der Waals surface area (Å²) in [5.74, 6) is 0.953. The molecule has 0 radical (unpaired) electrons. The molecule has 20 heavy (non-hydrogen) atoms. The van der Waals surface area contributed by atoms with Gasteiger partial charge in [0.05, 0.1) is 0 Å². The lowest BCUT2D eigenvalue weighted by Crippen LogP contribution is -2.30. The van der Waals surface area contributed by atoms with Crippen molar-refractivity contribution >= 4 is 0 Å². The molecule has 1 aromatic rings. The smallest absolute Gasteiger partial charge is 0.0332 e. The second kappa shape index (κ2) is 8.43. The van der Waals surface area contributed by atoms with Gasteiger partial charge in [-0.1, -0.05) is 50.1 Å². The van der Waals surface area contributed by atoms with Gasteiger partial charge in [-0.2, -0.15) is 0 Å². The van der Waals surface area contributed by atoms with Crippen LogP contribution in [-0.4, -0.2) is 31.6 Å². The first-order valence-electron chi connectivity index (χ1n) is 8.26. The number of nitrogens with zero attached hydrogens (tertiary/aromatic N) is 1. The summed E-state index contributed by atoms with van der Waals surface area (Å²) in [7, 11) is 2.28. The predicted octanol–water partition coefficient (Wildman–Crippen LogP) is 3.85. The Morgan fingerprint density at radius 2 is 1.90 bits per heavy atom. The third kappa shape index (κ3) is 4.92. The van der Waals surface area contributed by atoms with Gasteiger partial charge in [-0.25, -0.2) is 0 Å². The molecule has 2 heteroatoms. The lowest BCUT2D eigenvalue weighted by molar-refractivity contribution is 0.263. The van der Waals surface area contributed by atoms with Gasteiger partial charge in [-0.15, -0.1) is 0 Å². The molecule has 1 aliphatic rings. The summed E-state index contributed by atoms with van der Waals surface area (Å²) in [6.07, 6.45) is 6.98. The van der Waals surface area contributed by atoms with E-state index in [1.54, 1.807) is 0 Å². The van der Waals surface area contributed by atoms with Crippen LogP contribution >= 0.6 is 0 Å². The molecule has 1 aliphatic carbocycles. The van der Waals surface area contributed by atoms with Crippen molar-refractivity contribution in [2.24, 2.45) is 5.92 Å². The van der Waals surface area contributed by atoms with E-state index in [2.05, 4.69) is 54.5 Å². The van der Waals surface area contributed by atoms with Crippen molar-refractivity contribution in [2.75, 3.05) is 26.7 Å². The summed E-state index contributed by atoms with van der Waals surface area (Å²) >= 11 is 0. The standard InChI is InChI=1S/C18H30N2/c1-3-19-18(17-11-5-4-6-12-17)13-14-20(2)15-16-9-7-8-10-16/h4-6,11-12,16,18-19H,3,7-10,13-15H2,1-2H3. The molecule has 0 heterocycles. The fraction of sp³-hybridized carbons (Fsp3) is 0.667. The lowest BCUT2D eigenvalue weighted by Gasteiger charge is -2.24. The van der Waals surface area contributed by atoms with E-state index in [0.29, 0.717) is 6.04 Å². The fourth-order valence-electron chi connectivity index (χ4n) is 3.39. The molecule has 1 atom stereocenters. The minimum Gasteiger partial charge on any atom is -0.310 e. The van der Waals surface area contributed by atoms with Gasteiger partial charge >= 0.3 is 0 Å². The van der Waals surface area contributed by atoms with E-state index in [0.717, 1.165) is 12.5 Å². The summed E-state index contributed by atoms with van der Waals surface area (Å²) < 4.78 is 0. The van der Waals surface area contributed by atoms with Crippen molar-refractivity contribution in [2.45, 2.75) is 45.1 Å². The van der Waals surface area contributed by atoms with E-state index >= 15 is 0 Å². The van der Waals surface area contributed by atoms with Crippen LogP contribution in [0.4, 0.5) is 0 Å². The molecule has 2 nitrogen and oxygen atoms in total. The fourth-order valence-corrected chi connectivity index (χ4v) is 3.39. The maximum atomic E-state index is 3.62. The molecule has 1 N–H and O–H groups in total. The van der Waals surface area contributed by atoms with E-state index < -0.39 is 0 Å². The van der Waals surface area contributed by atoms with Crippen LogP contribution < -0.4 is 5.32 Å². The Kier molecular flexibility index (Phi) is 6.55. The number of nitrogens with one attached hydrogen (secondary N) is 1. The third-order valence-corrected chi connectivity index (χ3v) is 4.50.